The maximum atomic E-state index is 11.1. The van der Waals surface area contributed by atoms with Crippen LogP contribution in [0.5, 0.6) is 0 Å². The molecule has 10 heteroatoms. The molecule has 0 bridgehead atoms. The van der Waals surface area contributed by atoms with Crippen LogP contribution >= 0.6 is 0 Å². The second-order valence-corrected chi connectivity index (χ2v) is 8.93. The quantitative estimate of drug-likeness (QED) is 0.354. The minimum Gasteiger partial charge on any atom is -0.378 e. The molecule has 0 aromatic carbocycles. The summed E-state index contributed by atoms with van der Waals surface area (Å²) < 4.78 is 32.6. The summed E-state index contributed by atoms with van der Waals surface area (Å²) in [6, 6.07) is 1.97. The molecule has 0 atom stereocenters. The van der Waals surface area contributed by atoms with Gasteiger partial charge in [0, 0.05) is 51.6 Å². The fourth-order valence-corrected chi connectivity index (χ4v) is 3.21. The second kappa shape index (κ2) is 10.6. The minimum absolute atomic E-state index is 0.0454. The molecule has 0 aliphatic carbocycles. The van der Waals surface area contributed by atoms with Crippen LogP contribution in [0.4, 0.5) is 0 Å². The Morgan fingerprint density at radius 2 is 2.07 bits per heavy atom. The van der Waals surface area contributed by atoms with Gasteiger partial charge in [0.05, 0.1) is 31.2 Å². The Morgan fingerprint density at radius 3 is 2.67 bits per heavy atom. The van der Waals surface area contributed by atoms with Crippen molar-refractivity contribution >= 4 is 15.8 Å². The van der Waals surface area contributed by atoms with Crippen molar-refractivity contribution in [2.75, 3.05) is 64.5 Å². The number of aryl methyl sites for hydroxylation is 1. The lowest BCUT2D eigenvalue weighted by Gasteiger charge is -2.36. The molecule has 0 spiro atoms. The molecule has 0 saturated carbocycles. The number of hydrogen-bond acceptors (Lipinski definition) is 7. The SMILES string of the molecule is CCNC(=NCCOCCS(C)(=O)=O)N1CCN(Cc2cc(C)on2)CC1. The number of nitrogens with zero attached hydrogens (tertiary/aromatic N) is 4. The van der Waals surface area contributed by atoms with Crippen LogP contribution < -0.4 is 5.32 Å². The van der Waals surface area contributed by atoms with E-state index in [0.29, 0.717) is 13.2 Å². The standard InChI is InChI=1S/C17H31N5O4S/c1-4-18-17(19-5-10-25-11-12-27(3,23)24)22-8-6-21(7-9-22)14-16-13-15(2)26-20-16/h13H,4-12,14H2,1-3H3,(H,18,19). The number of guanidine groups is 1. The molecule has 0 amide bonds. The van der Waals surface area contributed by atoms with E-state index in [0.717, 1.165) is 56.7 Å². The van der Waals surface area contributed by atoms with Gasteiger partial charge in [0.15, 0.2) is 5.96 Å². The first-order valence-electron chi connectivity index (χ1n) is 9.30. The normalized spacial score (nSPS) is 16.7. The number of ether oxygens (including phenoxy) is 1. The van der Waals surface area contributed by atoms with Crippen LogP contribution in [0.15, 0.2) is 15.6 Å². The van der Waals surface area contributed by atoms with E-state index in [1.807, 2.05) is 19.9 Å². The van der Waals surface area contributed by atoms with Crippen molar-refractivity contribution in [3.05, 3.63) is 17.5 Å². The molecule has 1 aromatic heterocycles. The third kappa shape index (κ3) is 8.27. The average Bonchev–Trinajstić information content (AvgIpc) is 3.01. The number of rotatable bonds is 9. The highest BCUT2D eigenvalue weighted by Gasteiger charge is 2.20. The van der Waals surface area contributed by atoms with Gasteiger partial charge in [-0.2, -0.15) is 0 Å². The highest BCUT2D eigenvalue weighted by atomic mass is 32.2. The summed E-state index contributed by atoms with van der Waals surface area (Å²) in [7, 11) is -2.98. The summed E-state index contributed by atoms with van der Waals surface area (Å²) in [5, 5.41) is 7.37. The van der Waals surface area contributed by atoms with Gasteiger partial charge in [-0.25, -0.2) is 8.42 Å². The van der Waals surface area contributed by atoms with Crippen molar-refractivity contribution in [1.82, 2.24) is 20.3 Å². The molecule has 2 heterocycles. The number of nitrogens with one attached hydrogen (secondary N) is 1. The highest BCUT2D eigenvalue weighted by molar-refractivity contribution is 7.90. The van der Waals surface area contributed by atoms with Crippen molar-refractivity contribution in [2.45, 2.75) is 20.4 Å². The summed E-state index contributed by atoms with van der Waals surface area (Å²) in [4.78, 5) is 9.19. The van der Waals surface area contributed by atoms with Crippen LogP contribution in [0, 0.1) is 6.92 Å². The smallest absolute Gasteiger partial charge is 0.194 e. The molecular formula is C17H31N5O4S. The number of sulfone groups is 1. The number of aromatic nitrogens is 1. The summed E-state index contributed by atoms with van der Waals surface area (Å²) in [6.07, 6.45) is 1.21. The van der Waals surface area contributed by atoms with Crippen LogP contribution in [0.2, 0.25) is 0 Å². The van der Waals surface area contributed by atoms with E-state index < -0.39 is 9.84 Å². The van der Waals surface area contributed by atoms with E-state index in [1.54, 1.807) is 0 Å². The van der Waals surface area contributed by atoms with Crippen molar-refractivity contribution in [3.63, 3.8) is 0 Å². The monoisotopic (exact) mass is 401 g/mol. The van der Waals surface area contributed by atoms with E-state index >= 15 is 0 Å². The van der Waals surface area contributed by atoms with Crippen LogP contribution in [0.25, 0.3) is 0 Å². The molecule has 1 aliphatic heterocycles. The largest absolute Gasteiger partial charge is 0.378 e. The third-order valence-corrected chi connectivity index (χ3v) is 5.07. The number of hydrogen-bond donors (Lipinski definition) is 1. The predicted octanol–water partition coefficient (Wildman–Crippen LogP) is 0.127. The van der Waals surface area contributed by atoms with Crippen LogP contribution in [-0.2, 0) is 21.1 Å². The van der Waals surface area contributed by atoms with Gasteiger partial charge in [0.25, 0.3) is 0 Å². The van der Waals surface area contributed by atoms with E-state index in [4.69, 9.17) is 9.26 Å². The summed E-state index contributed by atoms with van der Waals surface area (Å²) in [6.45, 7) is 10.3. The van der Waals surface area contributed by atoms with Crippen LogP contribution in [0.1, 0.15) is 18.4 Å². The van der Waals surface area contributed by atoms with Gasteiger partial charge in [0.2, 0.25) is 0 Å². The Bertz CT molecular complexity index is 696. The Hall–Kier alpha value is -1.65. The summed E-state index contributed by atoms with van der Waals surface area (Å²) in [5.74, 6) is 1.76. The first-order chi connectivity index (χ1) is 12.9. The van der Waals surface area contributed by atoms with Crippen LogP contribution in [-0.4, -0.2) is 93.8 Å². The van der Waals surface area contributed by atoms with E-state index in [1.165, 1.54) is 6.26 Å². The first-order valence-corrected chi connectivity index (χ1v) is 11.4. The lowest BCUT2D eigenvalue weighted by Crippen LogP contribution is -2.52. The Morgan fingerprint density at radius 1 is 1.33 bits per heavy atom. The summed E-state index contributed by atoms with van der Waals surface area (Å²) in [5.41, 5.74) is 0.966. The van der Waals surface area contributed by atoms with Crippen molar-refractivity contribution in [1.29, 1.82) is 0 Å². The molecule has 1 N–H and O–H groups in total. The number of aliphatic imine (C=N–C) groups is 1. The molecule has 1 saturated heterocycles. The predicted molar refractivity (Wildman–Crippen MR) is 105 cm³/mol. The lowest BCUT2D eigenvalue weighted by atomic mass is 10.3. The molecular weight excluding hydrogens is 370 g/mol. The Labute approximate surface area is 161 Å². The third-order valence-electron chi connectivity index (χ3n) is 4.16. The van der Waals surface area contributed by atoms with Gasteiger partial charge in [-0.15, -0.1) is 0 Å². The maximum Gasteiger partial charge on any atom is 0.194 e. The van der Waals surface area contributed by atoms with Gasteiger partial charge < -0.3 is 19.5 Å². The molecule has 0 radical (unpaired) electrons. The second-order valence-electron chi connectivity index (χ2n) is 6.67. The molecule has 0 unspecified atom stereocenters. The van der Waals surface area contributed by atoms with Gasteiger partial charge in [-0.3, -0.25) is 9.89 Å². The summed E-state index contributed by atoms with van der Waals surface area (Å²) >= 11 is 0. The topological polar surface area (TPSA) is 100 Å². The van der Waals surface area contributed by atoms with Gasteiger partial charge >= 0.3 is 0 Å². The fourth-order valence-electron chi connectivity index (χ4n) is 2.79. The zero-order chi connectivity index (χ0) is 19.7. The highest BCUT2D eigenvalue weighted by Crippen LogP contribution is 2.09. The van der Waals surface area contributed by atoms with Crippen molar-refractivity contribution in [3.8, 4) is 0 Å². The minimum atomic E-state index is -2.98. The van der Waals surface area contributed by atoms with E-state index in [2.05, 4.69) is 25.3 Å². The zero-order valence-electron chi connectivity index (χ0n) is 16.5. The molecule has 9 nitrogen and oxygen atoms in total. The molecule has 1 aromatic rings. The van der Waals surface area contributed by atoms with Crippen molar-refractivity contribution < 1.29 is 17.7 Å². The fraction of sp³-hybridized carbons (Fsp3) is 0.765. The molecule has 154 valence electrons. The van der Waals surface area contributed by atoms with Gasteiger partial charge in [-0.05, 0) is 13.8 Å². The van der Waals surface area contributed by atoms with E-state index in [9.17, 15) is 8.42 Å². The molecule has 1 fully saturated rings. The lowest BCUT2D eigenvalue weighted by molar-refractivity contribution is 0.155. The van der Waals surface area contributed by atoms with Gasteiger partial charge in [0.1, 0.15) is 15.6 Å². The Kier molecular flexibility index (Phi) is 8.52. The maximum absolute atomic E-state index is 11.1. The zero-order valence-corrected chi connectivity index (χ0v) is 17.3. The average molecular weight is 402 g/mol. The van der Waals surface area contributed by atoms with E-state index in [-0.39, 0.29) is 12.4 Å². The first kappa shape index (κ1) is 21.6. The number of piperazine rings is 1. The van der Waals surface area contributed by atoms with Gasteiger partial charge in [-0.1, -0.05) is 5.16 Å². The molecule has 27 heavy (non-hydrogen) atoms. The van der Waals surface area contributed by atoms with Crippen LogP contribution in [0.3, 0.4) is 0 Å². The molecule has 2 rings (SSSR count). The van der Waals surface area contributed by atoms with Crippen molar-refractivity contribution in [2.24, 2.45) is 4.99 Å². The molecule has 1 aliphatic rings. The Balaban J connectivity index is 1.74.